The van der Waals surface area contributed by atoms with Crippen molar-refractivity contribution in [1.82, 2.24) is 14.5 Å². The van der Waals surface area contributed by atoms with E-state index in [4.69, 9.17) is 11.5 Å². The molecule has 5 nitrogen and oxygen atoms in total. The van der Waals surface area contributed by atoms with Crippen molar-refractivity contribution in [2.45, 2.75) is 32.7 Å². The Balaban J connectivity index is 2.02. The van der Waals surface area contributed by atoms with Gasteiger partial charge in [0.25, 0.3) is 0 Å². The Labute approximate surface area is 149 Å². The Morgan fingerprint density at radius 2 is 1.83 bits per heavy atom. The zero-order valence-corrected chi connectivity index (χ0v) is 15.8. The van der Waals surface area contributed by atoms with Gasteiger partial charge in [0.2, 0.25) is 0 Å². The van der Waals surface area contributed by atoms with Crippen LogP contribution in [-0.2, 0) is 12.0 Å². The van der Waals surface area contributed by atoms with Gasteiger partial charge in [-0.05, 0) is 0 Å². The Hall–Kier alpha value is -2.17. The SMILES string of the molecule is CC(C)(C)c1ccc(Cn2cc(C(N)=[Se])c3c(N)ncnc32)cc1. The zero-order chi connectivity index (χ0) is 17.5. The van der Waals surface area contributed by atoms with Crippen LogP contribution < -0.4 is 11.5 Å². The molecule has 3 aromatic rings. The fraction of sp³-hybridized carbons (Fsp3) is 0.278. The van der Waals surface area contributed by atoms with Crippen molar-refractivity contribution in [2.24, 2.45) is 5.73 Å². The molecular formula is C18H21N5Se. The Bertz CT molecular complexity index is 904. The number of fused-ring (bicyclic) bond motifs is 1. The summed E-state index contributed by atoms with van der Waals surface area (Å²) in [6, 6.07) is 8.67. The molecule has 0 bridgehead atoms. The van der Waals surface area contributed by atoms with Crippen LogP contribution in [0.4, 0.5) is 5.82 Å². The predicted octanol–water partition coefficient (Wildman–Crippen LogP) is 1.96. The van der Waals surface area contributed by atoms with Gasteiger partial charge in [0.1, 0.15) is 0 Å². The normalized spacial score (nSPS) is 11.8. The molecule has 0 unspecified atom stereocenters. The number of anilines is 1. The fourth-order valence-electron chi connectivity index (χ4n) is 2.76. The third kappa shape index (κ3) is 3.07. The number of nitrogens with two attached hydrogens (primary N) is 2. The summed E-state index contributed by atoms with van der Waals surface area (Å²) in [4.78, 5) is 8.47. The number of nitrogen functional groups attached to an aromatic ring is 1. The van der Waals surface area contributed by atoms with Crippen molar-refractivity contribution in [3.8, 4) is 0 Å². The first-order valence-corrected chi connectivity index (χ1v) is 8.61. The summed E-state index contributed by atoms with van der Waals surface area (Å²) in [6.07, 6.45) is 3.45. The van der Waals surface area contributed by atoms with E-state index in [0.29, 0.717) is 16.9 Å². The molecule has 0 atom stereocenters. The van der Waals surface area contributed by atoms with Crippen molar-refractivity contribution in [3.63, 3.8) is 0 Å². The fourth-order valence-corrected chi connectivity index (χ4v) is 3.09. The van der Waals surface area contributed by atoms with Crippen LogP contribution in [0.1, 0.15) is 37.5 Å². The molecule has 0 aliphatic rings. The van der Waals surface area contributed by atoms with E-state index in [2.05, 4.69) is 75.1 Å². The summed E-state index contributed by atoms with van der Waals surface area (Å²) < 4.78 is 2.64. The van der Waals surface area contributed by atoms with E-state index >= 15 is 0 Å². The van der Waals surface area contributed by atoms with Crippen molar-refractivity contribution in [2.75, 3.05) is 5.73 Å². The van der Waals surface area contributed by atoms with Gasteiger partial charge in [0.15, 0.2) is 0 Å². The number of benzene rings is 1. The monoisotopic (exact) mass is 387 g/mol. The molecule has 24 heavy (non-hydrogen) atoms. The van der Waals surface area contributed by atoms with E-state index < -0.39 is 0 Å². The molecule has 0 saturated heterocycles. The molecule has 6 heteroatoms. The van der Waals surface area contributed by atoms with Crippen molar-refractivity contribution in [1.29, 1.82) is 0 Å². The number of hydrogen-bond acceptors (Lipinski definition) is 4. The van der Waals surface area contributed by atoms with Crippen LogP contribution >= 0.6 is 0 Å². The number of aromatic nitrogens is 3. The Kier molecular flexibility index (Phi) is 4.20. The molecule has 3 rings (SSSR count). The van der Waals surface area contributed by atoms with Crippen LogP contribution in [0, 0.1) is 0 Å². The average molecular weight is 386 g/mol. The standard InChI is InChI=1S/C18H21N5Se/c1-18(2,3)12-6-4-11(5-7-12)8-23-9-13(16(20)24)14-15(19)21-10-22-17(14)23/h4-7,9-10H,8H2,1-3H3,(H2,20,24)(H2,19,21,22). The van der Waals surface area contributed by atoms with Gasteiger partial charge in [0.05, 0.1) is 0 Å². The average Bonchev–Trinajstić information content (AvgIpc) is 2.87. The Morgan fingerprint density at radius 3 is 2.42 bits per heavy atom. The van der Waals surface area contributed by atoms with Gasteiger partial charge >= 0.3 is 149 Å². The second-order valence-electron chi connectivity index (χ2n) is 6.94. The molecule has 1 aromatic carbocycles. The van der Waals surface area contributed by atoms with Crippen molar-refractivity contribution >= 4 is 37.0 Å². The van der Waals surface area contributed by atoms with Gasteiger partial charge < -0.3 is 0 Å². The van der Waals surface area contributed by atoms with Crippen LogP contribution in [0.3, 0.4) is 0 Å². The summed E-state index contributed by atoms with van der Waals surface area (Å²) >= 11 is 2.85. The molecule has 0 aliphatic carbocycles. The molecule has 0 amide bonds. The molecule has 2 aromatic heterocycles. The maximum absolute atomic E-state index is 6.02. The summed E-state index contributed by atoms with van der Waals surface area (Å²) in [6.45, 7) is 7.34. The molecule has 0 aliphatic heterocycles. The minimum absolute atomic E-state index is 0.148. The third-order valence-corrected chi connectivity index (χ3v) is 4.58. The molecular weight excluding hydrogens is 365 g/mol. The van der Waals surface area contributed by atoms with Crippen LogP contribution in [0.25, 0.3) is 11.0 Å². The first kappa shape index (κ1) is 16.7. The summed E-state index contributed by atoms with van der Waals surface area (Å²) in [5, 5.41) is 0.792. The van der Waals surface area contributed by atoms with E-state index in [1.807, 2.05) is 6.20 Å². The van der Waals surface area contributed by atoms with Crippen LogP contribution in [-0.4, -0.2) is 34.7 Å². The summed E-state index contributed by atoms with van der Waals surface area (Å²) in [5.41, 5.74) is 16.3. The van der Waals surface area contributed by atoms with Gasteiger partial charge in [-0.2, -0.15) is 0 Å². The van der Waals surface area contributed by atoms with Crippen LogP contribution in [0.2, 0.25) is 0 Å². The quantitative estimate of drug-likeness (QED) is 0.675. The molecule has 2 heterocycles. The van der Waals surface area contributed by atoms with E-state index in [0.717, 1.165) is 16.6 Å². The predicted molar refractivity (Wildman–Crippen MR) is 100 cm³/mol. The van der Waals surface area contributed by atoms with Gasteiger partial charge in [-0.1, -0.05) is 0 Å². The maximum atomic E-state index is 6.02. The van der Waals surface area contributed by atoms with Crippen LogP contribution in [0.5, 0.6) is 0 Å². The third-order valence-electron chi connectivity index (χ3n) is 4.12. The van der Waals surface area contributed by atoms with Crippen LogP contribution in [0.15, 0.2) is 36.8 Å². The Morgan fingerprint density at radius 1 is 1.17 bits per heavy atom. The molecule has 0 saturated carbocycles. The number of nitrogens with zero attached hydrogens (tertiary/aromatic N) is 3. The second kappa shape index (κ2) is 6.04. The first-order chi connectivity index (χ1) is 11.3. The molecule has 0 radical (unpaired) electrons. The van der Waals surface area contributed by atoms with E-state index in [9.17, 15) is 0 Å². The topological polar surface area (TPSA) is 82.8 Å². The van der Waals surface area contributed by atoms with Gasteiger partial charge in [0, 0.05) is 0 Å². The van der Waals surface area contributed by atoms with E-state index in [-0.39, 0.29) is 5.41 Å². The van der Waals surface area contributed by atoms with E-state index in [1.54, 1.807) is 0 Å². The molecule has 124 valence electrons. The number of rotatable bonds is 3. The first-order valence-electron chi connectivity index (χ1n) is 7.76. The second-order valence-corrected chi connectivity index (χ2v) is 7.86. The van der Waals surface area contributed by atoms with Crippen molar-refractivity contribution in [3.05, 3.63) is 53.5 Å². The molecule has 0 fully saturated rings. The van der Waals surface area contributed by atoms with Crippen molar-refractivity contribution < 1.29 is 0 Å². The van der Waals surface area contributed by atoms with E-state index in [1.165, 1.54) is 17.5 Å². The minimum atomic E-state index is 0.148. The summed E-state index contributed by atoms with van der Waals surface area (Å²) in [5.74, 6) is 0.440. The zero-order valence-electron chi connectivity index (χ0n) is 14.1. The number of hydrogen-bond donors (Lipinski definition) is 2. The molecule has 0 spiro atoms. The van der Waals surface area contributed by atoms with Gasteiger partial charge in [-0.15, -0.1) is 0 Å². The van der Waals surface area contributed by atoms with Gasteiger partial charge in [-0.3, -0.25) is 0 Å². The summed E-state index contributed by atoms with van der Waals surface area (Å²) in [7, 11) is 0. The van der Waals surface area contributed by atoms with Gasteiger partial charge in [-0.25, -0.2) is 0 Å². The molecule has 4 N–H and O–H groups in total.